The summed E-state index contributed by atoms with van der Waals surface area (Å²) in [5.41, 5.74) is 0. The van der Waals surface area contributed by atoms with Gasteiger partial charge in [-0.05, 0) is 7.05 Å². The molecule has 1 fully saturated rings. The summed E-state index contributed by atoms with van der Waals surface area (Å²) in [4.78, 5) is 11.9. The molecule has 1 heterocycles. The van der Waals surface area contributed by atoms with Crippen molar-refractivity contribution in [2.24, 2.45) is 0 Å². The van der Waals surface area contributed by atoms with E-state index in [1.54, 1.807) is 6.92 Å². The van der Waals surface area contributed by atoms with Gasteiger partial charge in [-0.2, -0.15) is 0 Å². The molecule has 90 valence electrons. The number of halogens is 1. The summed E-state index contributed by atoms with van der Waals surface area (Å²) in [5.74, 6) is 0.282. The Bertz CT molecular complexity index is 271. The van der Waals surface area contributed by atoms with Crippen LogP contribution < -0.4 is 0 Å². The fraction of sp³-hybridized carbons (Fsp3) is 0.875. The van der Waals surface area contributed by atoms with Crippen LogP contribution in [0.2, 0.25) is 0 Å². The van der Waals surface area contributed by atoms with Gasteiger partial charge in [-0.25, -0.2) is 8.42 Å². The maximum atomic E-state index is 10.8. The Morgan fingerprint density at radius 1 is 1.40 bits per heavy atom. The van der Waals surface area contributed by atoms with E-state index in [1.807, 2.05) is 11.9 Å². The zero-order chi connectivity index (χ0) is 11.9. The third-order valence-electron chi connectivity index (χ3n) is 1.94. The molecule has 0 N–H and O–H groups in total. The molecule has 0 unspecified atom stereocenters. The minimum absolute atomic E-state index is 0.337. The van der Waals surface area contributed by atoms with Crippen molar-refractivity contribution in [3.63, 3.8) is 0 Å². The van der Waals surface area contributed by atoms with Crippen LogP contribution in [-0.4, -0.2) is 50.9 Å². The lowest BCUT2D eigenvalue weighted by atomic mass is 10.5. The lowest BCUT2D eigenvalue weighted by Crippen LogP contribution is -2.37. The Labute approximate surface area is 95.4 Å². The van der Waals surface area contributed by atoms with Crippen molar-refractivity contribution in [2.75, 3.05) is 31.6 Å². The maximum absolute atomic E-state index is 10.8. The molecular weight excluding hydrogens is 242 g/mol. The van der Waals surface area contributed by atoms with Crippen LogP contribution in [0.4, 0.5) is 0 Å². The van der Waals surface area contributed by atoms with Crippen molar-refractivity contribution in [1.29, 1.82) is 0 Å². The topological polar surface area (TPSA) is 63.7 Å². The van der Waals surface area contributed by atoms with Crippen molar-refractivity contribution < 1.29 is 17.5 Å². The van der Waals surface area contributed by atoms with Crippen molar-refractivity contribution >= 4 is 27.7 Å². The lowest BCUT2D eigenvalue weighted by Gasteiger charge is -2.21. The highest BCUT2D eigenvalue weighted by Crippen LogP contribution is 1.99. The van der Waals surface area contributed by atoms with Crippen LogP contribution >= 0.6 is 11.9 Å². The van der Waals surface area contributed by atoms with Crippen LogP contribution in [0.25, 0.3) is 0 Å². The van der Waals surface area contributed by atoms with Crippen molar-refractivity contribution in [3.8, 4) is 0 Å². The summed E-state index contributed by atoms with van der Waals surface area (Å²) in [6.07, 6.45) is 0.337. The third kappa shape index (κ3) is 7.58. The minimum Gasteiger partial charge on any atom is -0.348 e. The van der Waals surface area contributed by atoms with E-state index < -0.39 is 15.8 Å². The number of sulfone groups is 1. The van der Waals surface area contributed by atoms with Gasteiger partial charge in [-0.1, -0.05) is 6.92 Å². The van der Waals surface area contributed by atoms with Crippen LogP contribution in [-0.2, 0) is 18.9 Å². The van der Waals surface area contributed by atoms with Crippen molar-refractivity contribution in [3.05, 3.63) is 0 Å². The van der Waals surface area contributed by atoms with Crippen molar-refractivity contribution in [1.82, 2.24) is 4.90 Å². The average Bonchev–Trinajstić information content (AvgIpc) is 2.22. The summed E-state index contributed by atoms with van der Waals surface area (Å²) in [5, 5.41) is 0. The lowest BCUT2D eigenvalue weighted by molar-refractivity contribution is -0.133. The molecule has 0 aromatic carbocycles. The molecule has 0 aromatic heterocycles. The van der Waals surface area contributed by atoms with Gasteiger partial charge in [0.2, 0.25) is 0 Å². The molecule has 0 aliphatic carbocycles. The van der Waals surface area contributed by atoms with Crippen LogP contribution in [0.1, 0.15) is 13.3 Å². The number of carbonyl (C=O) groups excluding carboxylic acids is 1. The SMILES string of the molecule is CCC(=O)OCl.CN1CCS(=O)(=O)CC1. The van der Waals surface area contributed by atoms with Gasteiger partial charge in [0, 0.05) is 19.5 Å². The summed E-state index contributed by atoms with van der Waals surface area (Å²) < 4.78 is 25.3. The van der Waals surface area contributed by atoms with Gasteiger partial charge in [0.05, 0.1) is 11.5 Å². The highest BCUT2D eigenvalue weighted by molar-refractivity contribution is 7.91. The van der Waals surface area contributed by atoms with Gasteiger partial charge in [0.15, 0.2) is 9.84 Å². The molecule has 0 aromatic rings. The molecule has 7 heteroatoms. The number of rotatable bonds is 1. The monoisotopic (exact) mass is 257 g/mol. The van der Waals surface area contributed by atoms with E-state index in [-0.39, 0.29) is 0 Å². The second-order valence-corrected chi connectivity index (χ2v) is 5.72. The molecule has 0 amide bonds. The number of hydrogen-bond acceptors (Lipinski definition) is 5. The normalized spacial score (nSPS) is 19.9. The smallest absolute Gasteiger partial charge is 0.324 e. The van der Waals surface area contributed by atoms with Crippen LogP contribution in [0.5, 0.6) is 0 Å². The molecule has 5 nitrogen and oxygen atoms in total. The second kappa shape index (κ2) is 7.03. The van der Waals surface area contributed by atoms with Gasteiger partial charge in [-0.15, -0.1) is 0 Å². The zero-order valence-electron chi connectivity index (χ0n) is 8.90. The van der Waals surface area contributed by atoms with Gasteiger partial charge in [0.1, 0.15) is 11.9 Å². The van der Waals surface area contributed by atoms with E-state index in [0.717, 1.165) is 0 Å². The Morgan fingerprint density at radius 2 is 1.87 bits per heavy atom. The number of hydrogen-bond donors (Lipinski definition) is 0. The quantitative estimate of drug-likeness (QED) is 0.682. The van der Waals surface area contributed by atoms with Gasteiger partial charge in [0.25, 0.3) is 0 Å². The van der Waals surface area contributed by atoms with Gasteiger partial charge in [-0.3, -0.25) is 4.79 Å². The molecule has 0 spiro atoms. The maximum Gasteiger partial charge on any atom is 0.324 e. The Balaban J connectivity index is 0.000000288. The second-order valence-electron chi connectivity index (χ2n) is 3.26. The zero-order valence-corrected chi connectivity index (χ0v) is 10.5. The first-order chi connectivity index (χ1) is 6.91. The standard InChI is InChI=1S/C5H11NO2S.C3H5ClO2/c1-6-2-4-9(7,8)5-3-6;1-2-3(5)6-4/h2-5H2,1H3;2H2,1H3. The summed E-state index contributed by atoms with van der Waals surface area (Å²) in [7, 11) is -0.718. The van der Waals surface area contributed by atoms with Crippen LogP contribution in [0, 0.1) is 0 Å². The Kier molecular flexibility index (Phi) is 6.87. The minimum atomic E-state index is -2.66. The van der Waals surface area contributed by atoms with Gasteiger partial charge < -0.3 is 9.19 Å². The van der Waals surface area contributed by atoms with Crippen molar-refractivity contribution in [2.45, 2.75) is 13.3 Å². The molecular formula is C8H16ClNO4S. The number of carbonyl (C=O) groups is 1. The largest absolute Gasteiger partial charge is 0.348 e. The molecule has 1 aliphatic rings. The molecule has 0 atom stereocenters. The fourth-order valence-electron chi connectivity index (χ4n) is 0.858. The van der Waals surface area contributed by atoms with E-state index in [2.05, 4.69) is 16.2 Å². The Morgan fingerprint density at radius 3 is 2.07 bits per heavy atom. The number of nitrogens with zero attached hydrogens (tertiary/aromatic N) is 1. The molecule has 1 rings (SSSR count). The first-order valence-corrected chi connectivity index (χ1v) is 6.74. The van der Waals surface area contributed by atoms with E-state index >= 15 is 0 Å². The molecule has 0 bridgehead atoms. The fourth-order valence-corrected chi connectivity index (χ4v) is 2.35. The molecule has 15 heavy (non-hydrogen) atoms. The van der Waals surface area contributed by atoms with E-state index in [1.165, 1.54) is 0 Å². The van der Waals surface area contributed by atoms with E-state index in [0.29, 0.717) is 31.0 Å². The summed E-state index contributed by atoms with van der Waals surface area (Å²) >= 11 is 4.60. The predicted octanol–water partition coefficient (Wildman–Crippen LogP) is 0.440. The van der Waals surface area contributed by atoms with Gasteiger partial charge >= 0.3 is 5.97 Å². The highest BCUT2D eigenvalue weighted by atomic mass is 35.5. The molecule has 0 radical (unpaired) electrons. The summed E-state index contributed by atoms with van der Waals surface area (Å²) in [6, 6.07) is 0. The van der Waals surface area contributed by atoms with E-state index in [4.69, 9.17) is 0 Å². The highest BCUT2D eigenvalue weighted by Gasteiger charge is 2.17. The summed E-state index contributed by atoms with van der Waals surface area (Å²) in [6.45, 7) is 3.06. The first kappa shape index (κ1) is 14.7. The predicted molar refractivity (Wildman–Crippen MR) is 58.4 cm³/mol. The third-order valence-corrected chi connectivity index (χ3v) is 3.72. The average molecular weight is 258 g/mol. The Hall–Kier alpha value is -0.330. The molecule has 0 saturated carbocycles. The van der Waals surface area contributed by atoms with Crippen LogP contribution in [0.3, 0.4) is 0 Å². The van der Waals surface area contributed by atoms with Crippen LogP contribution in [0.15, 0.2) is 0 Å². The first-order valence-electron chi connectivity index (χ1n) is 4.61. The molecule has 1 aliphatic heterocycles. The van der Waals surface area contributed by atoms with E-state index in [9.17, 15) is 13.2 Å². The molecule has 1 saturated heterocycles.